The molecule has 0 aliphatic heterocycles. The quantitative estimate of drug-likeness (QED) is 0.853. The zero-order valence-corrected chi connectivity index (χ0v) is 12.0. The number of methoxy groups -OCH3 is 1. The van der Waals surface area contributed by atoms with E-state index in [2.05, 4.69) is 17.2 Å². The van der Waals surface area contributed by atoms with Crippen molar-refractivity contribution >= 4 is 22.4 Å². The summed E-state index contributed by atoms with van der Waals surface area (Å²) in [6.45, 7) is 5.16. The third-order valence-corrected chi connectivity index (χ3v) is 4.45. The largest absolute Gasteiger partial charge is 0.464 e. The highest BCUT2D eigenvalue weighted by atomic mass is 32.1. The molecule has 0 aromatic carbocycles. The Labute approximate surface area is 112 Å². The fraction of sp³-hybridized carbons (Fsp3) is 0.692. The molecule has 1 aromatic heterocycles. The number of anilines is 1. The Morgan fingerprint density at radius 2 is 2.33 bits per heavy atom. The monoisotopic (exact) mass is 268 g/mol. The van der Waals surface area contributed by atoms with Crippen LogP contribution in [0.3, 0.4) is 0 Å². The van der Waals surface area contributed by atoms with Gasteiger partial charge >= 0.3 is 5.97 Å². The van der Waals surface area contributed by atoms with Crippen molar-refractivity contribution in [1.29, 1.82) is 0 Å². The maximum absolute atomic E-state index is 11.4. The molecule has 0 radical (unpaired) electrons. The molecule has 1 saturated carbocycles. The number of thiazole rings is 1. The van der Waals surface area contributed by atoms with E-state index in [1.54, 1.807) is 0 Å². The highest BCUT2D eigenvalue weighted by Gasteiger charge is 2.22. The van der Waals surface area contributed by atoms with Crippen molar-refractivity contribution in [2.75, 3.05) is 19.0 Å². The Hall–Kier alpha value is -1.10. The lowest BCUT2D eigenvalue weighted by atomic mass is 10.1. The molecular formula is C13H20N2O2S. The number of carbonyl (C=O) groups is 1. The first kappa shape index (κ1) is 13.3. The first-order valence-corrected chi connectivity index (χ1v) is 7.21. The molecule has 2 unspecified atom stereocenters. The second-order valence-electron chi connectivity index (χ2n) is 5.08. The molecule has 18 heavy (non-hydrogen) atoms. The van der Waals surface area contributed by atoms with Gasteiger partial charge in [0, 0.05) is 11.4 Å². The molecule has 1 fully saturated rings. The molecule has 4 nitrogen and oxygen atoms in total. The van der Waals surface area contributed by atoms with E-state index >= 15 is 0 Å². The van der Waals surface area contributed by atoms with Crippen molar-refractivity contribution < 1.29 is 9.53 Å². The van der Waals surface area contributed by atoms with Gasteiger partial charge in [-0.1, -0.05) is 13.3 Å². The molecule has 5 heteroatoms. The van der Waals surface area contributed by atoms with E-state index in [4.69, 9.17) is 4.74 Å². The predicted octanol–water partition coefficient (Wildman–Crippen LogP) is 3.09. The van der Waals surface area contributed by atoms with Crippen LogP contribution in [0.4, 0.5) is 5.13 Å². The maximum atomic E-state index is 11.4. The number of esters is 1. The van der Waals surface area contributed by atoms with Gasteiger partial charge in [0.1, 0.15) is 0 Å². The van der Waals surface area contributed by atoms with Gasteiger partial charge in [-0.15, -0.1) is 11.3 Å². The second kappa shape index (κ2) is 5.69. The molecule has 0 amide bonds. The summed E-state index contributed by atoms with van der Waals surface area (Å²) >= 11 is 1.52. The van der Waals surface area contributed by atoms with Crippen LogP contribution in [0.2, 0.25) is 0 Å². The summed E-state index contributed by atoms with van der Waals surface area (Å²) < 4.78 is 4.70. The molecule has 0 bridgehead atoms. The van der Waals surface area contributed by atoms with Crippen LogP contribution < -0.4 is 5.32 Å². The van der Waals surface area contributed by atoms with Crippen LogP contribution in [0.25, 0.3) is 0 Å². The van der Waals surface area contributed by atoms with Crippen LogP contribution in [0, 0.1) is 18.8 Å². The fourth-order valence-electron chi connectivity index (χ4n) is 2.50. The second-order valence-corrected chi connectivity index (χ2v) is 6.28. The van der Waals surface area contributed by atoms with E-state index in [0.29, 0.717) is 5.69 Å². The van der Waals surface area contributed by atoms with Gasteiger partial charge in [-0.25, -0.2) is 9.78 Å². The zero-order valence-electron chi connectivity index (χ0n) is 11.2. The lowest BCUT2D eigenvalue weighted by molar-refractivity contribution is 0.0594. The average Bonchev–Trinajstić information content (AvgIpc) is 2.92. The normalized spacial score (nSPS) is 23.1. The molecule has 1 aromatic rings. The molecule has 1 heterocycles. The van der Waals surface area contributed by atoms with E-state index in [9.17, 15) is 4.79 Å². The SMILES string of the molecule is COC(=O)c1nc(NCC2CCC(C)C2)sc1C. The number of nitrogens with one attached hydrogen (secondary N) is 1. The smallest absolute Gasteiger partial charge is 0.357 e. The molecule has 1 N–H and O–H groups in total. The number of hydrogen-bond donors (Lipinski definition) is 1. The Balaban J connectivity index is 1.92. The van der Waals surface area contributed by atoms with Crippen molar-refractivity contribution in [3.63, 3.8) is 0 Å². The number of nitrogens with zero attached hydrogens (tertiary/aromatic N) is 1. The van der Waals surface area contributed by atoms with Crippen LogP contribution in [-0.4, -0.2) is 24.6 Å². The highest BCUT2D eigenvalue weighted by Crippen LogP contribution is 2.31. The van der Waals surface area contributed by atoms with Crippen LogP contribution in [0.5, 0.6) is 0 Å². The summed E-state index contributed by atoms with van der Waals surface area (Å²) in [6.07, 6.45) is 3.92. The minimum atomic E-state index is -0.355. The Morgan fingerprint density at radius 3 is 2.94 bits per heavy atom. The van der Waals surface area contributed by atoms with Crippen LogP contribution in [-0.2, 0) is 4.74 Å². The Morgan fingerprint density at radius 1 is 1.56 bits per heavy atom. The van der Waals surface area contributed by atoms with Crippen molar-refractivity contribution in [2.24, 2.45) is 11.8 Å². The van der Waals surface area contributed by atoms with E-state index in [-0.39, 0.29) is 5.97 Å². The number of aryl methyl sites for hydroxylation is 1. The van der Waals surface area contributed by atoms with Crippen LogP contribution >= 0.6 is 11.3 Å². The third kappa shape index (κ3) is 3.02. The standard InChI is InChI=1S/C13H20N2O2S/c1-8-4-5-10(6-8)7-14-13-15-11(9(2)18-13)12(16)17-3/h8,10H,4-7H2,1-3H3,(H,14,15). The van der Waals surface area contributed by atoms with Crippen molar-refractivity contribution in [1.82, 2.24) is 4.98 Å². The molecule has 1 aliphatic rings. The number of ether oxygens (including phenoxy) is 1. The maximum Gasteiger partial charge on any atom is 0.357 e. The number of carbonyl (C=O) groups excluding carboxylic acids is 1. The molecule has 2 rings (SSSR count). The molecule has 100 valence electrons. The lowest BCUT2D eigenvalue weighted by Gasteiger charge is -2.09. The molecule has 0 saturated heterocycles. The van der Waals surface area contributed by atoms with E-state index < -0.39 is 0 Å². The van der Waals surface area contributed by atoms with Crippen LogP contribution in [0.1, 0.15) is 41.6 Å². The minimum absolute atomic E-state index is 0.355. The number of hydrogen-bond acceptors (Lipinski definition) is 5. The van der Waals surface area contributed by atoms with Crippen molar-refractivity contribution in [3.8, 4) is 0 Å². The fourth-order valence-corrected chi connectivity index (χ4v) is 3.31. The number of aromatic nitrogens is 1. The van der Waals surface area contributed by atoms with Crippen molar-refractivity contribution in [3.05, 3.63) is 10.6 Å². The van der Waals surface area contributed by atoms with Gasteiger partial charge in [0.25, 0.3) is 0 Å². The van der Waals surface area contributed by atoms with E-state index in [1.807, 2.05) is 6.92 Å². The average molecular weight is 268 g/mol. The number of rotatable bonds is 4. The highest BCUT2D eigenvalue weighted by molar-refractivity contribution is 7.15. The van der Waals surface area contributed by atoms with E-state index in [0.717, 1.165) is 28.4 Å². The lowest BCUT2D eigenvalue weighted by Crippen LogP contribution is -2.11. The molecule has 2 atom stereocenters. The molecule has 1 aliphatic carbocycles. The summed E-state index contributed by atoms with van der Waals surface area (Å²) in [6, 6.07) is 0. The Kier molecular flexibility index (Phi) is 4.22. The first-order valence-electron chi connectivity index (χ1n) is 6.39. The Bertz CT molecular complexity index is 431. The third-order valence-electron chi connectivity index (χ3n) is 3.52. The zero-order chi connectivity index (χ0) is 13.1. The first-order chi connectivity index (χ1) is 8.60. The van der Waals surface area contributed by atoms with Gasteiger partial charge in [0.05, 0.1) is 7.11 Å². The van der Waals surface area contributed by atoms with Crippen molar-refractivity contribution in [2.45, 2.75) is 33.1 Å². The summed E-state index contributed by atoms with van der Waals surface area (Å²) in [7, 11) is 1.38. The summed E-state index contributed by atoms with van der Waals surface area (Å²) in [4.78, 5) is 16.6. The van der Waals surface area contributed by atoms with Gasteiger partial charge in [0.15, 0.2) is 10.8 Å². The van der Waals surface area contributed by atoms with Gasteiger partial charge in [-0.05, 0) is 31.6 Å². The van der Waals surface area contributed by atoms with E-state index in [1.165, 1.54) is 37.7 Å². The predicted molar refractivity (Wildman–Crippen MR) is 73.2 cm³/mol. The minimum Gasteiger partial charge on any atom is -0.464 e. The van der Waals surface area contributed by atoms with Gasteiger partial charge in [-0.3, -0.25) is 0 Å². The van der Waals surface area contributed by atoms with Crippen LogP contribution in [0.15, 0.2) is 0 Å². The van der Waals surface area contributed by atoms with Gasteiger partial charge < -0.3 is 10.1 Å². The summed E-state index contributed by atoms with van der Waals surface area (Å²) in [5.74, 6) is 1.23. The van der Waals surface area contributed by atoms with Gasteiger partial charge in [0.2, 0.25) is 0 Å². The summed E-state index contributed by atoms with van der Waals surface area (Å²) in [5, 5.41) is 4.17. The topological polar surface area (TPSA) is 51.2 Å². The van der Waals surface area contributed by atoms with Gasteiger partial charge in [-0.2, -0.15) is 0 Å². The molecule has 0 spiro atoms. The molecular weight excluding hydrogens is 248 g/mol. The summed E-state index contributed by atoms with van der Waals surface area (Å²) in [5.41, 5.74) is 0.435.